The number of nitrogens with one attached hydrogen (secondary N) is 1. The van der Waals surface area contributed by atoms with Crippen LogP contribution >= 0.6 is 0 Å². The SMILES string of the molecule is CN1CCOC(CNCc2ccc(OCc3ccncc3)cc2)C1. The first-order valence-electron chi connectivity index (χ1n) is 8.41. The molecule has 0 radical (unpaired) electrons. The molecule has 1 saturated heterocycles. The number of likely N-dealkylation sites (N-methyl/N-ethyl adjacent to an activating group) is 1. The number of nitrogens with zero attached hydrogens (tertiary/aromatic N) is 2. The first-order valence-corrected chi connectivity index (χ1v) is 8.41. The van der Waals surface area contributed by atoms with Crippen LogP contribution in [-0.2, 0) is 17.9 Å². The van der Waals surface area contributed by atoms with Crippen molar-refractivity contribution in [2.75, 3.05) is 33.3 Å². The highest BCUT2D eigenvalue weighted by Gasteiger charge is 2.16. The molecule has 2 aromatic rings. The first kappa shape index (κ1) is 16.9. The van der Waals surface area contributed by atoms with Crippen molar-refractivity contribution in [3.8, 4) is 5.75 Å². The zero-order valence-electron chi connectivity index (χ0n) is 14.1. The largest absolute Gasteiger partial charge is 0.489 e. The van der Waals surface area contributed by atoms with E-state index in [2.05, 4.69) is 34.4 Å². The Balaban J connectivity index is 1.39. The van der Waals surface area contributed by atoms with Crippen molar-refractivity contribution in [3.05, 3.63) is 59.9 Å². The highest BCUT2D eigenvalue weighted by Crippen LogP contribution is 2.14. The summed E-state index contributed by atoms with van der Waals surface area (Å²) in [6, 6.07) is 12.2. The monoisotopic (exact) mass is 327 g/mol. The van der Waals surface area contributed by atoms with Crippen LogP contribution in [0.2, 0.25) is 0 Å². The maximum absolute atomic E-state index is 5.78. The molecule has 0 amide bonds. The van der Waals surface area contributed by atoms with E-state index in [1.807, 2.05) is 24.3 Å². The summed E-state index contributed by atoms with van der Waals surface area (Å²) < 4.78 is 11.5. The fourth-order valence-corrected chi connectivity index (χ4v) is 2.72. The first-order chi connectivity index (χ1) is 11.8. The summed E-state index contributed by atoms with van der Waals surface area (Å²) in [5.41, 5.74) is 2.36. The molecule has 5 nitrogen and oxygen atoms in total. The molecule has 3 rings (SSSR count). The summed E-state index contributed by atoms with van der Waals surface area (Å²) in [6.45, 7) is 5.13. The van der Waals surface area contributed by atoms with Crippen LogP contribution in [0.15, 0.2) is 48.8 Å². The van der Waals surface area contributed by atoms with Crippen LogP contribution < -0.4 is 10.1 Å². The average Bonchev–Trinajstić information content (AvgIpc) is 2.62. The van der Waals surface area contributed by atoms with E-state index in [0.29, 0.717) is 6.61 Å². The number of hydrogen-bond donors (Lipinski definition) is 1. The third-order valence-electron chi connectivity index (χ3n) is 4.12. The molecule has 0 saturated carbocycles. The Morgan fingerprint density at radius 1 is 1.17 bits per heavy atom. The Morgan fingerprint density at radius 3 is 2.71 bits per heavy atom. The van der Waals surface area contributed by atoms with Gasteiger partial charge in [-0.25, -0.2) is 0 Å². The molecule has 1 atom stereocenters. The third-order valence-corrected chi connectivity index (χ3v) is 4.12. The van der Waals surface area contributed by atoms with Gasteiger partial charge in [0, 0.05) is 38.6 Å². The maximum atomic E-state index is 5.78. The van der Waals surface area contributed by atoms with Gasteiger partial charge in [0.25, 0.3) is 0 Å². The van der Waals surface area contributed by atoms with Gasteiger partial charge in [0.05, 0.1) is 12.7 Å². The van der Waals surface area contributed by atoms with Crippen molar-refractivity contribution in [2.24, 2.45) is 0 Å². The van der Waals surface area contributed by atoms with Gasteiger partial charge in [0.15, 0.2) is 0 Å². The van der Waals surface area contributed by atoms with Gasteiger partial charge >= 0.3 is 0 Å². The average molecular weight is 327 g/mol. The van der Waals surface area contributed by atoms with Crippen molar-refractivity contribution >= 4 is 0 Å². The predicted molar refractivity (Wildman–Crippen MR) is 94.0 cm³/mol. The molecule has 5 heteroatoms. The Kier molecular flexibility index (Phi) is 6.18. The molecule has 24 heavy (non-hydrogen) atoms. The lowest BCUT2D eigenvalue weighted by molar-refractivity contribution is -0.0182. The van der Waals surface area contributed by atoms with Gasteiger partial charge in [-0.1, -0.05) is 12.1 Å². The summed E-state index contributed by atoms with van der Waals surface area (Å²) in [5, 5.41) is 3.47. The van der Waals surface area contributed by atoms with Crippen LogP contribution in [0.1, 0.15) is 11.1 Å². The van der Waals surface area contributed by atoms with Gasteiger partial charge in [0.1, 0.15) is 12.4 Å². The van der Waals surface area contributed by atoms with Crippen LogP contribution in [0, 0.1) is 0 Å². The molecule has 1 N–H and O–H groups in total. The fraction of sp³-hybridized carbons (Fsp3) is 0.421. The molecule has 1 fully saturated rings. The zero-order valence-corrected chi connectivity index (χ0v) is 14.1. The van der Waals surface area contributed by atoms with Gasteiger partial charge in [-0.05, 0) is 42.4 Å². The number of pyridine rings is 1. The highest BCUT2D eigenvalue weighted by molar-refractivity contribution is 5.27. The van der Waals surface area contributed by atoms with Gasteiger partial charge < -0.3 is 19.7 Å². The van der Waals surface area contributed by atoms with Crippen LogP contribution in [0.5, 0.6) is 5.75 Å². The summed E-state index contributed by atoms with van der Waals surface area (Å²) in [4.78, 5) is 6.31. The van der Waals surface area contributed by atoms with E-state index in [1.165, 1.54) is 5.56 Å². The molecule has 0 aliphatic carbocycles. The van der Waals surface area contributed by atoms with E-state index < -0.39 is 0 Å². The van der Waals surface area contributed by atoms with Crippen molar-refractivity contribution in [2.45, 2.75) is 19.3 Å². The Bertz CT molecular complexity index is 604. The number of morpholine rings is 1. The second-order valence-electron chi connectivity index (χ2n) is 6.17. The van der Waals surface area contributed by atoms with Crippen molar-refractivity contribution in [3.63, 3.8) is 0 Å². The minimum Gasteiger partial charge on any atom is -0.489 e. The lowest BCUT2D eigenvalue weighted by Gasteiger charge is -2.30. The van der Waals surface area contributed by atoms with Gasteiger partial charge in [-0.2, -0.15) is 0 Å². The second-order valence-corrected chi connectivity index (χ2v) is 6.17. The van der Waals surface area contributed by atoms with Crippen molar-refractivity contribution in [1.29, 1.82) is 0 Å². The summed E-state index contributed by atoms with van der Waals surface area (Å²) in [5.74, 6) is 0.882. The number of hydrogen-bond acceptors (Lipinski definition) is 5. The van der Waals surface area contributed by atoms with Gasteiger partial charge in [0.2, 0.25) is 0 Å². The van der Waals surface area contributed by atoms with Gasteiger partial charge in [-0.15, -0.1) is 0 Å². The van der Waals surface area contributed by atoms with E-state index in [4.69, 9.17) is 9.47 Å². The van der Waals surface area contributed by atoms with E-state index in [0.717, 1.165) is 44.1 Å². The molecule has 1 aliphatic heterocycles. The molecule has 0 spiro atoms. The summed E-state index contributed by atoms with van der Waals surface area (Å²) in [6.07, 6.45) is 3.84. The lowest BCUT2D eigenvalue weighted by Crippen LogP contribution is -2.44. The van der Waals surface area contributed by atoms with Crippen molar-refractivity contribution in [1.82, 2.24) is 15.2 Å². The molecule has 1 aromatic heterocycles. The molecule has 0 bridgehead atoms. The summed E-state index contributed by atoms with van der Waals surface area (Å²) >= 11 is 0. The van der Waals surface area contributed by atoms with Crippen LogP contribution in [-0.4, -0.2) is 49.3 Å². The topological polar surface area (TPSA) is 46.6 Å². The Labute approximate surface area is 143 Å². The Hall–Kier alpha value is -1.95. The predicted octanol–water partition coefficient (Wildman–Crippen LogP) is 2.08. The summed E-state index contributed by atoms with van der Waals surface area (Å²) in [7, 11) is 2.14. The quantitative estimate of drug-likeness (QED) is 0.844. The number of aromatic nitrogens is 1. The molecule has 1 unspecified atom stereocenters. The molecular formula is C19H25N3O2. The number of ether oxygens (including phenoxy) is 2. The number of benzene rings is 1. The minimum atomic E-state index is 0.284. The molecule has 1 aromatic carbocycles. The second kappa shape index (κ2) is 8.78. The fourth-order valence-electron chi connectivity index (χ4n) is 2.72. The van der Waals surface area contributed by atoms with E-state index >= 15 is 0 Å². The minimum absolute atomic E-state index is 0.284. The zero-order chi connectivity index (χ0) is 16.6. The van der Waals surface area contributed by atoms with Crippen molar-refractivity contribution < 1.29 is 9.47 Å². The van der Waals surface area contributed by atoms with Crippen LogP contribution in [0.25, 0.3) is 0 Å². The third kappa shape index (κ3) is 5.30. The normalized spacial score (nSPS) is 18.5. The van der Waals surface area contributed by atoms with E-state index in [1.54, 1.807) is 12.4 Å². The van der Waals surface area contributed by atoms with E-state index in [9.17, 15) is 0 Å². The molecule has 2 heterocycles. The van der Waals surface area contributed by atoms with Gasteiger partial charge in [-0.3, -0.25) is 4.98 Å². The van der Waals surface area contributed by atoms with Crippen LogP contribution in [0.4, 0.5) is 0 Å². The smallest absolute Gasteiger partial charge is 0.119 e. The van der Waals surface area contributed by atoms with E-state index in [-0.39, 0.29) is 6.10 Å². The highest BCUT2D eigenvalue weighted by atomic mass is 16.5. The molecule has 128 valence electrons. The molecular weight excluding hydrogens is 302 g/mol. The standard InChI is InChI=1S/C19H25N3O2/c1-22-10-11-23-19(14-22)13-21-12-16-2-4-18(5-3-16)24-15-17-6-8-20-9-7-17/h2-9,19,21H,10-15H2,1H3. The lowest BCUT2D eigenvalue weighted by atomic mass is 10.2. The maximum Gasteiger partial charge on any atom is 0.119 e. The molecule has 1 aliphatic rings. The Morgan fingerprint density at radius 2 is 1.96 bits per heavy atom. The van der Waals surface area contributed by atoms with Crippen LogP contribution in [0.3, 0.4) is 0 Å². The number of rotatable bonds is 7.